The van der Waals surface area contributed by atoms with Gasteiger partial charge in [0, 0.05) is 12.1 Å². The van der Waals surface area contributed by atoms with Crippen molar-refractivity contribution in [3.8, 4) is 0 Å². The zero-order chi connectivity index (χ0) is 14.7. The zero-order valence-corrected chi connectivity index (χ0v) is 12.6. The number of nitrogens with one attached hydrogen (secondary N) is 1. The highest BCUT2D eigenvalue weighted by molar-refractivity contribution is 5.83. The minimum atomic E-state index is 0.324. The lowest BCUT2D eigenvalue weighted by Crippen LogP contribution is -2.22. The monoisotopic (exact) mass is 275 g/mol. The lowest BCUT2D eigenvalue weighted by Gasteiger charge is -2.21. The van der Waals surface area contributed by atoms with E-state index in [-0.39, 0.29) is 0 Å². The Morgan fingerprint density at radius 1 is 0.619 bits per heavy atom. The summed E-state index contributed by atoms with van der Waals surface area (Å²) in [4.78, 5) is 0. The van der Waals surface area contributed by atoms with Crippen molar-refractivity contribution in [2.24, 2.45) is 0 Å². The Kier molecular flexibility index (Phi) is 4.03. The smallest absolute Gasteiger partial charge is 0.0297 e. The molecule has 0 saturated carbocycles. The second kappa shape index (κ2) is 6.11. The molecule has 0 aliphatic rings. The molecule has 1 unspecified atom stereocenters. The minimum absolute atomic E-state index is 0.324. The quantitative estimate of drug-likeness (QED) is 0.685. The normalized spacial score (nSPS) is 14.0. The highest BCUT2D eigenvalue weighted by atomic mass is 14.9. The van der Waals surface area contributed by atoms with Crippen molar-refractivity contribution < 1.29 is 0 Å². The van der Waals surface area contributed by atoms with E-state index < -0.39 is 0 Å². The van der Waals surface area contributed by atoms with Crippen LogP contribution in [0.25, 0.3) is 10.8 Å². The summed E-state index contributed by atoms with van der Waals surface area (Å²) >= 11 is 0. The fraction of sp³-hybridized carbons (Fsp3) is 0.200. The summed E-state index contributed by atoms with van der Waals surface area (Å²) in [5.74, 6) is 0. The van der Waals surface area contributed by atoms with Crippen molar-refractivity contribution in [3.63, 3.8) is 0 Å². The van der Waals surface area contributed by atoms with Gasteiger partial charge in [-0.05, 0) is 41.8 Å². The van der Waals surface area contributed by atoms with Crippen molar-refractivity contribution in [1.29, 1.82) is 0 Å². The molecular formula is C20H21N. The summed E-state index contributed by atoms with van der Waals surface area (Å²) in [7, 11) is 0. The molecule has 0 saturated heterocycles. The van der Waals surface area contributed by atoms with Crippen LogP contribution in [0.2, 0.25) is 0 Å². The first kappa shape index (κ1) is 13.8. The molecule has 21 heavy (non-hydrogen) atoms. The topological polar surface area (TPSA) is 12.0 Å². The third-order valence-corrected chi connectivity index (χ3v) is 4.07. The van der Waals surface area contributed by atoms with Crippen molar-refractivity contribution >= 4 is 10.8 Å². The van der Waals surface area contributed by atoms with Crippen LogP contribution in [0.5, 0.6) is 0 Å². The van der Waals surface area contributed by atoms with Gasteiger partial charge in [0.2, 0.25) is 0 Å². The van der Waals surface area contributed by atoms with E-state index in [9.17, 15) is 0 Å². The lowest BCUT2D eigenvalue weighted by molar-refractivity contribution is 0.495. The maximum Gasteiger partial charge on any atom is 0.0297 e. The van der Waals surface area contributed by atoms with Crippen molar-refractivity contribution in [1.82, 2.24) is 5.32 Å². The molecule has 0 amide bonds. The fourth-order valence-electron chi connectivity index (χ4n) is 2.79. The summed E-state index contributed by atoms with van der Waals surface area (Å²) in [5, 5.41) is 6.27. The van der Waals surface area contributed by atoms with Crippen LogP contribution in [0, 0.1) is 0 Å². The van der Waals surface area contributed by atoms with E-state index in [1.807, 2.05) is 0 Å². The number of hydrogen-bond acceptors (Lipinski definition) is 1. The van der Waals surface area contributed by atoms with E-state index >= 15 is 0 Å². The van der Waals surface area contributed by atoms with Crippen LogP contribution in [0.3, 0.4) is 0 Å². The van der Waals surface area contributed by atoms with Crippen LogP contribution >= 0.6 is 0 Å². The largest absolute Gasteiger partial charge is 0.304 e. The molecule has 0 radical (unpaired) electrons. The minimum Gasteiger partial charge on any atom is -0.304 e. The molecule has 0 fully saturated rings. The van der Waals surface area contributed by atoms with E-state index in [1.54, 1.807) is 0 Å². The maximum atomic E-state index is 3.68. The Hall–Kier alpha value is -2.12. The van der Waals surface area contributed by atoms with E-state index in [0.29, 0.717) is 12.1 Å². The molecular weight excluding hydrogens is 254 g/mol. The first-order valence-electron chi connectivity index (χ1n) is 7.54. The summed E-state index contributed by atoms with van der Waals surface area (Å²) in [6, 6.07) is 26.5. The number of fused-ring (bicyclic) bond motifs is 1. The number of hydrogen-bond donors (Lipinski definition) is 1. The third-order valence-electron chi connectivity index (χ3n) is 4.07. The molecule has 2 atom stereocenters. The highest BCUT2D eigenvalue weighted by Gasteiger charge is 2.11. The van der Waals surface area contributed by atoms with Gasteiger partial charge in [0.05, 0.1) is 0 Å². The van der Waals surface area contributed by atoms with Crippen LogP contribution in [-0.4, -0.2) is 0 Å². The second-order valence-electron chi connectivity index (χ2n) is 5.63. The van der Waals surface area contributed by atoms with Crippen LogP contribution in [0.1, 0.15) is 37.1 Å². The van der Waals surface area contributed by atoms with Gasteiger partial charge in [0.15, 0.2) is 0 Å². The van der Waals surface area contributed by atoms with Gasteiger partial charge in [-0.25, -0.2) is 0 Å². The van der Waals surface area contributed by atoms with Crippen molar-refractivity contribution in [2.75, 3.05) is 0 Å². The molecule has 0 heterocycles. The Bertz CT molecular complexity index is 718. The zero-order valence-electron chi connectivity index (χ0n) is 12.6. The Morgan fingerprint density at radius 2 is 1.24 bits per heavy atom. The number of benzene rings is 3. The lowest BCUT2D eigenvalue weighted by atomic mass is 10.0. The molecule has 0 aromatic heterocycles. The highest BCUT2D eigenvalue weighted by Crippen LogP contribution is 2.23. The molecule has 3 aromatic carbocycles. The van der Waals surface area contributed by atoms with E-state index in [1.165, 1.54) is 21.9 Å². The second-order valence-corrected chi connectivity index (χ2v) is 5.63. The molecule has 0 aliphatic carbocycles. The average molecular weight is 275 g/mol. The fourth-order valence-corrected chi connectivity index (χ4v) is 2.79. The Balaban J connectivity index is 1.79. The molecule has 3 rings (SSSR count). The molecule has 0 aliphatic heterocycles. The summed E-state index contributed by atoms with van der Waals surface area (Å²) in [5.41, 5.74) is 2.65. The molecule has 0 bridgehead atoms. The SMILES string of the molecule is CC(N[C@H](C)c1ccccc1)c1ccc2ccccc2c1. The summed E-state index contributed by atoms with van der Waals surface area (Å²) in [6.07, 6.45) is 0. The molecule has 1 N–H and O–H groups in total. The van der Waals surface area contributed by atoms with E-state index in [0.717, 1.165) is 0 Å². The third kappa shape index (κ3) is 3.14. The standard InChI is InChI=1S/C20H21N/c1-15(17-8-4-3-5-9-17)21-16(2)19-13-12-18-10-6-7-11-20(18)14-19/h3-16,21H,1-2H3/t15-,16?/m1/s1. The van der Waals surface area contributed by atoms with Crippen LogP contribution in [0.15, 0.2) is 72.8 Å². The maximum absolute atomic E-state index is 3.68. The van der Waals surface area contributed by atoms with Gasteiger partial charge in [0.25, 0.3) is 0 Å². The number of rotatable bonds is 4. The molecule has 3 aromatic rings. The van der Waals surface area contributed by atoms with Crippen LogP contribution in [-0.2, 0) is 0 Å². The molecule has 1 nitrogen and oxygen atoms in total. The first-order valence-corrected chi connectivity index (χ1v) is 7.54. The first-order chi connectivity index (χ1) is 10.2. The van der Waals surface area contributed by atoms with Crippen LogP contribution in [0.4, 0.5) is 0 Å². The van der Waals surface area contributed by atoms with Gasteiger partial charge in [-0.3, -0.25) is 0 Å². The average Bonchev–Trinajstić information content (AvgIpc) is 2.55. The van der Waals surface area contributed by atoms with Gasteiger partial charge in [0.1, 0.15) is 0 Å². The molecule has 0 spiro atoms. The van der Waals surface area contributed by atoms with E-state index in [4.69, 9.17) is 0 Å². The van der Waals surface area contributed by atoms with E-state index in [2.05, 4.69) is 92.0 Å². The van der Waals surface area contributed by atoms with Gasteiger partial charge in [-0.2, -0.15) is 0 Å². The van der Waals surface area contributed by atoms with Crippen molar-refractivity contribution in [3.05, 3.63) is 83.9 Å². The predicted molar refractivity (Wildman–Crippen MR) is 90.4 cm³/mol. The summed E-state index contributed by atoms with van der Waals surface area (Å²) < 4.78 is 0. The molecule has 1 heteroatoms. The predicted octanol–water partition coefficient (Wildman–Crippen LogP) is 5.25. The van der Waals surface area contributed by atoms with Gasteiger partial charge in [-0.1, -0.05) is 66.7 Å². The Labute approximate surface area is 126 Å². The van der Waals surface area contributed by atoms with Gasteiger partial charge < -0.3 is 5.32 Å². The van der Waals surface area contributed by atoms with Gasteiger partial charge >= 0.3 is 0 Å². The Morgan fingerprint density at radius 3 is 2.00 bits per heavy atom. The van der Waals surface area contributed by atoms with Crippen LogP contribution < -0.4 is 5.32 Å². The molecule has 106 valence electrons. The van der Waals surface area contributed by atoms with Gasteiger partial charge in [-0.15, -0.1) is 0 Å². The van der Waals surface area contributed by atoms with Crippen molar-refractivity contribution in [2.45, 2.75) is 25.9 Å². The summed E-state index contributed by atoms with van der Waals surface area (Å²) in [6.45, 7) is 4.44.